The molecule has 1 aromatic rings. The van der Waals surface area contributed by atoms with Gasteiger partial charge in [-0.15, -0.1) is 11.3 Å². The molecule has 94 valence electrons. The number of thiophene rings is 1. The molecule has 0 aliphatic carbocycles. The highest BCUT2D eigenvalue weighted by Gasteiger charge is 2.29. The van der Waals surface area contributed by atoms with Crippen LogP contribution in [0.2, 0.25) is 4.34 Å². The summed E-state index contributed by atoms with van der Waals surface area (Å²) in [5, 5.41) is 11.0. The molecule has 0 radical (unpaired) electrons. The third-order valence-electron chi connectivity index (χ3n) is 2.99. The maximum absolute atomic E-state index is 10.9. The summed E-state index contributed by atoms with van der Waals surface area (Å²) in [4.78, 5) is 13.0. The third-order valence-corrected chi connectivity index (χ3v) is 4.10. The predicted octanol–water partition coefficient (Wildman–Crippen LogP) is 2.25. The number of rotatable bonds is 3. The molecule has 2 atom stereocenters. The van der Waals surface area contributed by atoms with Crippen molar-refractivity contribution in [2.75, 3.05) is 19.7 Å². The van der Waals surface area contributed by atoms with Gasteiger partial charge in [0.15, 0.2) is 6.10 Å². The van der Waals surface area contributed by atoms with Crippen LogP contribution in [0.3, 0.4) is 0 Å². The van der Waals surface area contributed by atoms with Gasteiger partial charge in [-0.05, 0) is 23.9 Å². The van der Waals surface area contributed by atoms with Crippen LogP contribution in [0.25, 0.3) is 0 Å². The van der Waals surface area contributed by atoms with Gasteiger partial charge < -0.3 is 9.84 Å². The molecule has 1 aliphatic heterocycles. The average Bonchev–Trinajstić information content (AvgIpc) is 2.75. The molecular formula is C11H14ClNO3S. The van der Waals surface area contributed by atoms with Crippen LogP contribution in [0.5, 0.6) is 0 Å². The van der Waals surface area contributed by atoms with Crippen molar-refractivity contribution in [1.29, 1.82) is 0 Å². The highest BCUT2D eigenvalue weighted by atomic mass is 35.5. The Labute approximate surface area is 109 Å². The minimum absolute atomic E-state index is 0.171. The molecule has 0 bridgehead atoms. The first-order valence-electron chi connectivity index (χ1n) is 5.40. The maximum atomic E-state index is 10.9. The normalized spacial score (nSPS) is 23.5. The fourth-order valence-corrected chi connectivity index (χ4v) is 2.90. The van der Waals surface area contributed by atoms with E-state index in [0.717, 1.165) is 16.4 Å². The molecule has 2 unspecified atom stereocenters. The molecule has 1 N–H and O–H groups in total. The number of hydrogen-bond donors (Lipinski definition) is 1. The van der Waals surface area contributed by atoms with Gasteiger partial charge in [0.05, 0.1) is 10.9 Å². The minimum atomic E-state index is -0.898. The molecule has 0 amide bonds. The van der Waals surface area contributed by atoms with Crippen LogP contribution in [0.1, 0.15) is 18.5 Å². The first-order valence-corrected chi connectivity index (χ1v) is 6.66. The Morgan fingerprint density at radius 3 is 3.12 bits per heavy atom. The van der Waals surface area contributed by atoms with Crippen molar-refractivity contribution >= 4 is 28.9 Å². The van der Waals surface area contributed by atoms with Crippen LogP contribution in [-0.4, -0.2) is 41.8 Å². The molecule has 1 aromatic heterocycles. The van der Waals surface area contributed by atoms with Crippen molar-refractivity contribution < 1.29 is 14.6 Å². The molecular weight excluding hydrogens is 262 g/mol. The van der Waals surface area contributed by atoms with Crippen molar-refractivity contribution in [3.05, 3.63) is 21.3 Å². The maximum Gasteiger partial charge on any atom is 0.334 e. The molecule has 2 rings (SSSR count). The largest absolute Gasteiger partial charge is 0.479 e. The molecule has 1 fully saturated rings. The van der Waals surface area contributed by atoms with E-state index in [9.17, 15) is 4.79 Å². The molecule has 0 aromatic carbocycles. The van der Waals surface area contributed by atoms with Crippen LogP contribution in [-0.2, 0) is 9.53 Å². The van der Waals surface area contributed by atoms with E-state index >= 15 is 0 Å². The second-order valence-corrected chi connectivity index (χ2v) is 5.60. The van der Waals surface area contributed by atoms with Gasteiger partial charge in [0.1, 0.15) is 0 Å². The zero-order chi connectivity index (χ0) is 12.4. The number of morpholine rings is 1. The van der Waals surface area contributed by atoms with E-state index in [1.807, 2.05) is 11.4 Å². The Morgan fingerprint density at radius 2 is 2.53 bits per heavy atom. The van der Waals surface area contributed by atoms with Gasteiger partial charge in [0, 0.05) is 19.1 Å². The third kappa shape index (κ3) is 2.98. The first-order chi connectivity index (χ1) is 8.08. The lowest BCUT2D eigenvalue weighted by atomic mass is 10.1. The van der Waals surface area contributed by atoms with E-state index < -0.39 is 12.1 Å². The molecule has 1 saturated heterocycles. The van der Waals surface area contributed by atoms with Crippen molar-refractivity contribution in [2.45, 2.75) is 19.1 Å². The topological polar surface area (TPSA) is 49.8 Å². The van der Waals surface area contributed by atoms with Crippen molar-refractivity contribution in [3.63, 3.8) is 0 Å². The van der Waals surface area contributed by atoms with E-state index in [2.05, 4.69) is 11.8 Å². The van der Waals surface area contributed by atoms with Gasteiger partial charge in [-0.1, -0.05) is 11.6 Å². The summed E-state index contributed by atoms with van der Waals surface area (Å²) in [6, 6.07) is 2.10. The lowest BCUT2D eigenvalue weighted by molar-refractivity contribution is -0.157. The summed E-state index contributed by atoms with van der Waals surface area (Å²) in [5.41, 5.74) is 1.13. The summed E-state index contributed by atoms with van der Waals surface area (Å²) >= 11 is 7.40. The average molecular weight is 276 g/mol. The van der Waals surface area contributed by atoms with Crippen LogP contribution >= 0.6 is 22.9 Å². The SMILES string of the molecule is CC(c1csc(Cl)c1)N1CCOC(C(=O)O)C1. The van der Waals surface area contributed by atoms with E-state index in [4.69, 9.17) is 21.4 Å². The van der Waals surface area contributed by atoms with Crippen molar-refractivity contribution in [1.82, 2.24) is 4.90 Å². The van der Waals surface area contributed by atoms with Crippen LogP contribution < -0.4 is 0 Å². The number of carboxylic acid groups (broad SMARTS) is 1. The van der Waals surface area contributed by atoms with Crippen molar-refractivity contribution in [3.8, 4) is 0 Å². The summed E-state index contributed by atoms with van der Waals surface area (Å²) in [7, 11) is 0. The Bertz CT molecular complexity index is 409. The van der Waals surface area contributed by atoms with Crippen LogP contribution in [0.4, 0.5) is 0 Å². The summed E-state index contributed by atoms with van der Waals surface area (Å²) in [6.45, 7) is 3.68. The molecule has 2 heterocycles. The van der Waals surface area contributed by atoms with Gasteiger partial charge in [-0.25, -0.2) is 4.79 Å². The highest BCUT2D eigenvalue weighted by Crippen LogP contribution is 2.29. The summed E-state index contributed by atoms with van der Waals surface area (Å²) in [6.07, 6.45) is -0.722. The van der Waals surface area contributed by atoms with Gasteiger partial charge in [-0.2, -0.15) is 0 Å². The molecule has 0 saturated carbocycles. The number of nitrogens with zero attached hydrogens (tertiary/aromatic N) is 1. The highest BCUT2D eigenvalue weighted by molar-refractivity contribution is 7.14. The smallest absolute Gasteiger partial charge is 0.334 e. The van der Waals surface area contributed by atoms with E-state index in [1.165, 1.54) is 11.3 Å². The Kier molecular flexibility index (Phi) is 4.04. The Balaban J connectivity index is 2.04. The predicted molar refractivity (Wildman–Crippen MR) is 66.7 cm³/mol. The molecule has 4 nitrogen and oxygen atoms in total. The minimum Gasteiger partial charge on any atom is -0.479 e. The van der Waals surface area contributed by atoms with Gasteiger partial charge in [0.25, 0.3) is 0 Å². The van der Waals surface area contributed by atoms with Gasteiger partial charge in [-0.3, -0.25) is 4.90 Å². The van der Waals surface area contributed by atoms with E-state index in [0.29, 0.717) is 13.2 Å². The van der Waals surface area contributed by atoms with Crippen LogP contribution in [0.15, 0.2) is 11.4 Å². The summed E-state index contributed by atoms with van der Waals surface area (Å²) in [5.74, 6) is -0.898. The van der Waals surface area contributed by atoms with Gasteiger partial charge in [0.2, 0.25) is 0 Å². The molecule has 17 heavy (non-hydrogen) atoms. The molecule has 0 spiro atoms. The van der Waals surface area contributed by atoms with Gasteiger partial charge >= 0.3 is 5.97 Å². The molecule has 1 aliphatic rings. The number of hydrogen-bond acceptors (Lipinski definition) is 4. The lowest BCUT2D eigenvalue weighted by Crippen LogP contribution is -2.46. The quantitative estimate of drug-likeness (QED) is 0.919. The number of halogens is 1. The first kappa shape index (κ1) is 12.8. The number of carboxylic acids is 1. The zero-order valence-corrected chi connectivity index (χ0v) is 11.0. The monoisotopic (exact) mass is 275 g/mol. The fraction of sp³-hybridized carbons (Fsp3) is 0.545. The second-order valence-electron chi connectivity index (χ2n) is 4.05. The zero-order valence-electron chi connectivity index (χ0n) is 9.43. The second kappa shape index (κ2) is 5.35. The number of aliphatic carboxylic acids is 1. The lowest BCUT2D eigenvalue weighted by Gasteiger charge is -2.35. The standard InChI is InChI=1S/C11H14ClNO3S/c1-7(8-4-10(12)17-6-8)13-2-3-16-9(5-13)11(14)15/h4,6-7,9H,2-3,5H2,1H3,(H,14,15). The number of ether oxygens (including phenoxy) is 1. The Hall–Kier alpha value is -0.620. The Morgan fingerprint density at radius 1 is 1.76 bits per heavy atom. The van der Waals surface area contributed by atoms with E-state index in [1.54, 1.807) is 0 Å². The van der Waals surface area contributed by atoms with Crippen LogP contribution in [0, 0.1) is 0 Å². The fourth-order valence-electron chi connectivity index (χ4n) is 1.92. The number of carbonyl (C=O) groups is 1. The van der Waals surface area contributed by atoms with E-state index in [-0.39, 0.29) is 6.04 Å². The van der Waals surface area contributed by atoms with Crippen molar-refractivity contribution in [2.24, 2.45) is 0 Å². The molecule has 6 heteroatoms. The summed E-state index contributed by atoms with van der Waals surface area (Å²) < 4.78 is 5.96.